The maximum Gasteiger partial charge on any atom is 0.346 e. The van der Waals surface area contributed by atoms with E-state index in [9.17, 15) is 4.79 Å². The Morgan fingerprint density at radius 1 is 0.619 bits per heavy atom. The Bertz CT molecular complexity index is 1720. The minimum atomic E-state index is -1.24. The fourth-order valence-corrected chi connectivity index (χ4v) is 4.63. The molecule has 42 heavy (non-hydrogen) atoms. The number of allylic oxidation sites excluding steroid dienone is 2. The van der Waals surface area contributed by atoms with E-state index in [1.54, 1.807) is 18.2 Å². The van der Waals surface area contributed by atoms with Gasteiger partial charge in [-0.05, 0) is 76.4 Å². The van der Waals surface area contributed by atoms with Crippen LogP contribution in [-0.2, 0) is 4.79 Å². The molecular formula is C38H28N2O2. The topological polar surface area (TPSA) is 64.3 Å². The molecule has 202 valence electrons. The minimum Gasteiger partial charge on any atom is -0.477 e. The van der Waals surface area contributed by atoms with Crippen molar-refractivity contribution in [2.75, 3.05) is 4.90 Å². The van der Waals surface area contributed by atoms with Gasteiger partial charge in [0.15, 0.2) is 0 Å². The van der Waals surface area contributed by atoms with Crippen molar-refractivity contribution in [2.24, 2.45) is 0 Å². The fourth-order valence-electron chi connectivity index (χ4n) is 4.63. The largest absolute Gasteiger partial charge is 0.477 e. The van der Waals surface area contributed by atoms with Crippen LogP contribution in [0.3, 0.4) is 0 Å². The Labute approximate surface area is 246 Å². The van der Waals surface area contributed by atoms with Gasteiger partial charge in [0.05, 0.1) is 0 Å². The first kappa shape index (κ1) is 27.6. The van der Waals surface area contributed by atoms with Crippen molar-refractivity contribution in [2.45, 2.75) is 0 Å². The van der Waals surface area contributed by atoms with Gasteiger partial charge in [0.2, 0.25) is 0 Å². The molecule has 5 rings (SSSR count). The zero-order chi connectivity index (χ0) is 29.1. The highest BCUT2D eigenvalue weighted by molar-refractivity contribution is 5.92. The van der Waals surface area contributed by atoms with Crippen molar-refractivity contribution >= 4 is 40.8 Å². The maximum atomic E-state index is 11.0. The van der Waals surface area contributed by atoms with E-state index >= 15 is 0 Å². The molecule has 0 fully saturated rings. The molecule has 0 bridgehead atoms. The van der Waals surface area contributed by atoms with Crippen LogP contribution in [0.15, 0.2) is 157 Å². The van der Waals surface area contributed by atoms with Crippen LogP contribution in [0.5, 0.6) is 0 Å². The quantitative estimate of drug-likeness (QED) is 0.0869. The van der Waals surface area contributed by atoms with E-state index in [4.69, 9.17) is 10.4 Å². The standard InChI is InChI=1S/C38H28N2O2/c39-28-33(38(41)42)16-10-11-29-19-23-35(24-20-29)40(34-17-8-3-9-18-34)36-25-21-30(22-26-36)27-37(31-12-4-1-5-13-31)32-14-6-2-7-15-32/h1-27H,(H,41,42)/b11-10+,33-16-. The van der Waals surface area contributed by atoms with Gasteiger partial charge in [-0.25, -0.2) is 4.79 Å². The first-order valence-corrected chi connectivity index (χ1v) is 13.5. The van der Waals surface area contributed by atoms with Gasteiger partial charge in [-0.2, -0.15) is 5.26 Å². The molecule has 5 aromatic carbocycles. The van der Waals surface area contributed by atoms with Crippen molar-refractivity contribution < 1.29 is 9.90 Å². The number of nitrogens with zero attached hydrogens (tertiary/aromatic N) is 2. The number of carboxylic acid groups (broad SMARTS) is 1. The predicted octanol–water partition coefficient (Wildman–Crippen LogP) is 9.29. The third kappa shape index (κ3) is 6.80. The highest BCUT2D eigenvalue weighted by Crippen LogP contribution is 2.35. The molecule has 0 radical (unpaired) electrons. The summed E-state index contributed by atoms with van der Waals surface area (Å²) in [7, 11) is 0. The normalized spacial score (nSPS) is 11.1. The third-order valence-electron chi connectivity index (χ3n) is 6.70. The van der Waals surface area contributed by atoms with Gasteiger partial charge >= 0.3 is 5.97 Å². The molecule has 0 heterocycles. The lowest BCUT2D eigenvalue weighted by atomic mass is 9.95. The zero-order valence-corrected chi connectivity index (χ0v) is 22.8. The SMILES string of the molecule is N#C/C(=C/C=C/c1ccc(N(c2ccccc2)c2ccc(C=C(c3ccccc3)c3ccccc3)cc2)cc1)C(=O)O. The van der Waals surface area contributed by atoms with Crippen LogP contribution < -0.4 is 4.90 Å². The van der Waals surface area contributed by atoms with Gasteiger partial charge in [-0.15, -0.1) is 0 Å². The van der Waals surface area contributed by atoms with Crippen LogP contribution in [0.4, 0.5) is 17.1 Å². The van der Waals surface area contributed by atoms with Crippen LogP contribution in [0.25, 0.3) is 17.7 Å². The average Bonchev–Trinajstić information content (AvgIpc) is 3.04. The molecule has 0 atom stereocenters. The summed E-state index contributed by atoms with van der Waals surface area (Å²) < 4.78 is 0. The van der Waals surface area contributed by atoms with Crippen LogP contribution in [-0.4, -0.2) is 11.1 Å². The molecule has 4 nitrogen and oxygen atoms in total. The molecule has 0 spiro atoms. The number of hydrogen-bond acceptors (Lipinski definition) is 3. The summed E-state index contributed by atoms with van der Waals surface area (Å²) in [5.41, 5.74) is 8.19. The second-order valence-electron chi connectivity index (χ2n) is 9.50. The molecule has 0 aromatic heterocycles. The lowest BCUT2D eigenvalue weighted by molar-refractivity contribution is -0.132. The van der Waals surface area contributed by atoms with E-state index in [0.29, 0.717) is 0 Å². The number of nitriles is 1. The van der Waals surface area contributed by atoms with Gasteiger partial charge in [-0.1, -0.05) is 115 Å². The first-order valence-electron chi connectivity index (χ1n) is 13.5. The van der Waals surface area contributed by atoms with Crippen molar-refractivity contribution in [1.29, 1.82) is 5.26 Å². The third-order valence-corrected chi connectivity index (χ3v) is 6.70. The van der Waals surface area contributed by atoms with E-state index < -0.39 is 5.97 Å². The van der Waals surface area contributed by atoms with Crippen LogP contribution in [0.1, 0.15) is 22.3 Å². The second-order valence-corrected chi connectivity index (χ2v) is 9.50. The van der Waals surface area contributed by atoms with Crippen LogP contribution in [0.2, 0.25) is 0 Å². The summed E-state index contributed by atoms with van der Waals surface area (Å²) in [5, 5.41) is 17.9. The van der Waals surface area contributed by atoms with Gasteiger partial charge < -0.3 is 10.0 Å². The van der Waals surface area contributed by atoms with Gasteiger partial charge in [0, 0.05) is 17.1 Å². The molecule has 0 saturated carbocycles. The molecule has 1 N–H and O–H groups in total. The van der Waals surface area contributed by atoms with Crippen molar-refractivity contribution in [3.8, 4) is 6.07 Å². The number of para-hydroxylation sites is 1. The Hall–Kier alpha value is -5.92. The molecule has 0 aliphatic rings. The summed E-state index contributed by atoms with van der Waals surface area (Å²) in [6.07, 6.45) is 6.86. The number of anilines is 3. The molecule has 0 aliphatic heterocycles. The van der Waals surface area contributed by atoms with Gasteiger partial charge in [0.1, 0.15) is 11.6 Å². The summed E-state index contributed by atoms with van der Waals surface area (Å²) in [5.74, 6) is -1.24. The second kappa shape index (κ2) is 13.4. The van der Waals surface area contributed by atoms with Crippen molar-refractivity contribution in [3.05, 3.63) is 180 Å². The Kier molecular flexibility index (Phi) is 8.84. The summed E-state index contributed by atoms with van der Waals surface area (Å²) in [4.78, 5) is 13.2. The van der Waals surface area contributed by atoms with Gasteiger partial charge in [-0.3, -0.25) is 0 Å². The molecule has 4 heteroatoms. The van der Waals surface area contributed by atoms with E-state index in [1.165, 1.54) is 6.08 Å². The first-order chi connectivity index (χ1) is 20.6. The fraction of sp³-hybridized carbons (Fsp3) is 0. The van der Waals surface area contributed by atoms with E-state index in [1.807, 2.05) is 54.6 Å². The molecule has 5 aromatic rings. The Morgan fingerprint density at radius 2 is 1.07 bits per heavy atom. The number of hydrogen-bond donors (Lipinski definition) is 1. The number of aliphatic carboxylic acids is 1. The highest BCUT2D eigenvalue weighted by Gasteiger charge is 2.12. The minimum absolute atomic E-state index is 0.309. The lowest BCUT2D eigenvalue weighted by Crippen LogP contribution is -2.09. The average molecular weight is 545 g/mol. The molecule has 0 saturated heterocycles. The summed E-state index contributed by atoms with van der Waals surface area (Å²) in [6.45, 7) is 0. The number of benzene rings is 5. The molecular weight excluding hydrogens is 516 g/mol. The number of rotatable bonds is 9. The number of carbonyl (C=O) groups is 1. The molecule has 0 aliphatic carbocycles. The van der Waals surface area contributed by atoms with E-state index in [0.717, 1.165) is 44.9 Å². The maximum absolute atomic E-state index is 11.0. The van der Waals surface area contributed by atoms with Gasteiger partial charge in [0.25, 0.3) is 0 Å². The Morgan fingerprint density at radius 3 is 1.55 bits per heavy atom. The zero-order valence-electron chi connectivity index (χ0n) is 22.8. The summed E-state index contributed by atoms with van der Waals surface area (Å²) >= 11 is 0. The monoisotopic (exact) mass is 544 g/mol. The molecule has 0 unspecified atom stereocenters. The molecule has 0 amide bonds. The van der Waals surface area contributed by atoms with Crippen LogP contribution >= 0.6 is 0 Å². The van der Waals surface area contributed by atoms with Crippen molar-refractivity contribution in [1.82, 2.24) is 0 Å². The number of carboxylic acids is 1. The Balaban J connectivity index is 1.47. The highest BCUT2D eigenvalue weighted by atomic mass is 16.4. The smallest absolute Gasteiger partial charge is 0.346 e. The van der Waals surface area contributed by atoms with Crippen LogP contribution in [0, 0.1) is 11.3 Å². The lowest BCUT2D eigenvalue weighted by Gasteiger charge is -2.25. The van der Waals surface area contributed by atoms with Crippen molar-refractivity contribution in [3.63, 3.8) is 0 Å². The van der Waals surface area contributed by atoms with E-state index in [2.05, 4.69) is 95.9 Å². The summed E-state index contributed by atoms with van der Waals surface area (Å²) in [6, 6.07) is 49.2. The van der Waals surface area contributed by atoms with E-state index in [-0.39, 0.29) is 5.57 Å². The predicted molar refractivity (Wildman–Crippen MR) is 171 cm³/mol.